The van der Waals surface area contributed by atoms with Crippen LogP contribution in [-0.2, 0) is 0 Å². The third-order valence-electron chi connectivity index (χ3n) is 2.63. The Hall–Kier alpha value is -2.63. The summed E-state index contributed by atoms with van der Waals surface area (Å²) < 4.78 is 5.64. The minimum atomic E-state index is -0.441. The normalized spacial score (nSPS) is 10.2. The van der Waals surface area contributed by atoms with Crippen molar-refractivity contribution in [2.24, 2.45) is 0 Å². The van der Waals surface area contributed by atoms with Gasteiger partial charge in [-0.05, 0) is 31.0 Å². The van der Waals surface area contributed by atoms with E-state index in [9.17, 15) is 14.9 Å². The summed E-state index contributed by atoms with van der Waals surface area (Å²) in [6.07, 6.45) is 1.45. The number of aromatic amines is 1. The maximum Gasteiger partial charge on any atom is 0.270 e. The number of benzene rings is 1. The maximum atomic E-state index is 10.9. The summed E-state index contributed by atoms with van der Waals surface area (Å²) in [5.41, 5.74) is 1.14. The molecule has 0 bridgehead atoms. The SMILES string of the molecule is Cc1cc([N+](=O)[O-])cc(C)c1Oc1ccc(=O)[nH]c1. The first kappa shape index (κ1) is 12.8. The molecule has 0 unspecified atom stereocenters. The number of nitro benzene ring substituents is 1. The Balaban J connectivity index is 2.38. The quantitative estimate of drug-likeness (QED) is 0.679. The topological polar surface area (TPSA) is 85.2 Å². The molecule has 0 atom stereocenters. The molecule has 0 aliphatic rings. The summed E-state index contributed by atoms with van der Waals surface area (Å²) in [5.74, 6) is 1.03. The molecule has 2 rings (SSSR count). The number of nitrogens with zero attached hydrogens (tertiary/aromatic N) is 1. The minimum Gasteiger partial charge on any atom is -0.455 e. The third-order valence-corrected chi connectivity index (χ3v) is 2.63. The van der Waals surface area contributed by atoms with E-state index in [4.69, 9.17) is 4.74 Å². The Labute approximate surface area is 108 Å². The fraction of sp³-hybridized carbons (Fsp3) is 0.154. The van der Waals surface area contributed by atoms with Crippen LogP contribution in [0.1, 0.15) is 11.1 Å². The van der Waals surface area contributed by atoms with Gasteiger partial charge in [0.05, 0.1) is 4.92 Å². The number of rotatable bonds is 3. The molecule has 98 valence electrons. The molecule has 0 spiro atoms. The van der Waals surface area contributed by atoms with Crippen molar-refractivity contribution in [2.75, 3.05) is 0 Å². The molecular weight excluding hydrogens is 248 g/mol. The van der Waals surface area contributed by atoms with Crippen LogP contribution in [0.5, 0.6) is 11.5 Å². The van der Waals surface area contributed by atoms with Gasteiger partial charge in [0.1, 0.15) is 11.5 Å². The van der Waals surface area contributed by atoms with Crippen molar-refractivity contribution < 1.29 is 9.66 Å². The zero-order chi connectivity index (χ0) is 14.0. The molecule has 0 aliphatic heterocycles. The van der Waals surface area contributed by atoms with Crippen LogP contribution in [0.4, 0.5) is 5.69 Å². The van der Waals surface area contributed by atoms with Gasteiger partial charge in [-0.25, -0.2) is 0 Å². The molecule has 0 saturated heterocycles. The van der Waals surface area contributed by atoms with Gasteiger partial charge in [0.2, 0.25) is 5.56 Å². The predicted molar refractivity (Wildman–Crippen MR) is 69.7 cm³/mol. The molecule has 1 aromatic carbocycles. The van der Waals surface area contributed by atoms with E-state index in [2.05, 4.69) is 4.98 Å². The number of hydrogen-bond acceptors (Lipinski definition) is 4. The molecule has 1 N–H and O–H groups in total. The standard InChI is InChI=1S/C13H12N2O4/c1-8-5-10(15(17)18)6-9(2)13(8)19-11-3-4-12(16)14-7-11/h3-7H,1-2H3,(H,14,16). The van der Waals surface area contributed by atoms with Crippen molar-refractivity contribution in [1.29, 1.82) is 0 Å². The smallest absolute Gasteiger partial charge is 0.270 e. The number of aromatic nitrogens is 1. The molecule has 0 radical (unpaired) electrons. The van der Waals surface area contributed by atoms with E-state index in [1.807, 2.05) is 0 Å². The zero-order valence-corrected chi connectivity index (χ0v) is 10.5. The van der Waals surface area contributed by atoms with E-state index >= 15 is 0 Å². The van der Waals surface area contributed by atoms with E-state index in [0.29, 0.717) is 22.6 Å². The van der Waals surface area contributed by atoms with Crippen LogP contribution in [0.25, 0.3) is 0 Å². The predicted octanol–water partition coefficient (Wildman–Crippen LogP) is 2.69. The van der Waals surface area contributed by atoms with Gasteiger partial charge >= 0.3 is 0 Å². The number of aryl methyl sites for hydroxylation is 2. The van der Waals surface area contributed by atoms with Crippen molar-refractivity contribution in [3.63, 3.8) is 0 Å². The monoisotopic (exact) mass is 260 g/mol. The van der Waals surface area contributed by atoms with E-state index in [-0.39, 0.29) is 11.2 Å². The second-order valence-corrected chi connectivity index (χ2v) is 4.16. The van der Waals surface area contributed by atoms with E-state index in [1.54, 1.807) is 19.9 Å². The zero-order valence-electron chi connectivity index (χ0n) is 10.5. The van der Waals surface area contributed by atoms with Crippen LogP contribution in [0.2, 0.25) is 0 Å². The summed E-state index contributed by atoms with van der Waals surface area (Å²) in [5, 5.41) is 10.7. The Bertz CT molecular complexity index is 648. The molecular formula is C13H12N2O4. The molecule has 0 saturated carbocycles. The number of hydrogen-bond donors (Lipinski definition) is 1. The minimum absolute atomic E-state index is 0.0313. The fourth-order valence-corrected chi connectivity index (χ4v) is 1.77. The molecule has 6 heteroatoms. The summed E-state index contributed by atoms with van der Waals surface area (Å²) >= 11 is 0. The molecule has 0 aliphatic carbocycles. The molecule has 1 heterocycles. The van der Waals surface area contributed by atoms with Crippen LogP contribution in [0.15, 0.2) is 35.3 Å². The van der Waals surface area contributed by atoms with Gasteiger partial charge in [-0.2, -0.15) is 0 Å². The van der Waals surface area contributed by atoms with Gasteiger partial charge in [-0.3, -0.25) is 14.9 Å². The van der Waals surface area contributed by atoms with Crippen LogP contribution < -0.4 is 10.3 Å². The number of nitro groups is 1. The number of H-pyrrole nitrogens is 1. The average Bonchev–Trinajstić information content (AvgIpc) is 2.35. The Morgan fingerprint density at radius 1 is 1.21 bits per heavy atom. The lowest BCUT2D eigenvalue weighted by Crippen LogP contribution is -2.02. The molecule has 19 heavy (non-hydrogen) atoms. The van der Waals surface area contributed by atoms with Crippen LogP contribution in [0.3, 0.4) is 0 Å². The summed E-state index contributed by atoms with van der Waals surface area (Å²) in [7, 11) is 0. The lowest BCUT2D eigenvalue weighted by molar-refractivity contribution is -0.385. The number of pyridine rings is 1. The number of ether oxygens (including phenoxy) is 1. The summed E-state index contributed by atoms with van der Waals surface area (Å²) in [4.78, 5) is 23.7. The van der Waals surface area contributed by atoms with Crippen molar-refractivity contribution in [2.45, 2.75) is 13.8 Å². The second-order valence-electron chi connectivity index (χ2n) is 4.16. The third kappa shape index (κ3) is 2.79. The van der Waals surface area contributed by atoms with Crippen LogP contribution in [-0.4, -0.2) is 9.91 Å². The molecule has 0 amide bonds. The second kappa shape index (κ2) is 4.93. The van der Waals surface area contributed by atoms with Gasteiger partial charge in [0.15, 0.2) is 0 Å². The Morgan fingerprint density at radius 3 is 2.32 bits per heavy atom. The van der Waals surface area contributed by atoms with Crippen LogP contribution >= 0.6 is 0 Å². The van der Waals surface area contributed by atoms with E-state index < -0.39 is 4.92 Å². The Morgan fingerprint density at radius 2 is 1.84 bits per heavy atom. The summed E-state index contributed by atoms with van der Waals surface area (Å²) in [6, 6.07) is 5.80. The van der Waals surface area contributed by atoms with E-state index in [0.717, 1.165) is 0 Å². The lowest BCUT2D eigenvalue weighted by atomic mass is 10.1. The van der Waals surface area contributed by atoms with Gasteiger partial charge < -0.3 is 9.72 Å². The van der Waals surface area contributed by atoms with Crippen LogP contribution in [0, 0.1) is 24.0 Å². The molecule has 1 aromatic heterocycles. The molecule has 0 fully saturated rings. The van der Waals surface area contributed by atoms with Gasteiger partial charge in [-0.15, -0.1) is 0 Å². The average molecular weight is 260 g/mol. The highest BCUT2D eigenvalue weighted by molar-refractivity contribution is 5.50. The van der Waals surface area contributed by atoms with Crippen molar-refractivity contribution in [3.05, 3.63) is 62.1 Å². The first-order valence-corrected chi connectivity index (χ1v) is 5.59. The highest BCUT2D eigenvalue weighted by Crippen LogP contribution is 2.31. The van der Waals surface area contributed by atoms with Crippen molar-refractivity contribution >= 4 is 5.69 Å². The Kier molecular flexibility index (Phi) is 3.33. The maximum absolute atomic E-state index is 10.9. The summed E-state index contributed by atoms with van der Waals surface area (Å²) in [6.45, 7) is 3.47. The van der Waals surface area contributed by atoms with Crippen molar-refractivity contribution in [3.8, 4) is 11.5 Å². The fourth-order valence-electron chi connectivity index (χ4n) is 1.77. The first-order valence-electron chi connectivity index (χ1n) is 5.59. The van der Waals surface area contributed by atoms with Gasteiger partial charge in [0.25, 0.3) is 5.69 Å². The number of non-ortho nitro benzene ring substituents is 1. The largest absolute Gasteiger partial charge is 0.455 e. The molecule has 6 nitrogen and oxygen atoms in total. The molecule has 2 aromatic rings. The highest BCUT2D eigenvalue weighted by Gasteiger charge is 2.13. The number of nitrogens with one attached hydrogen (secondary N) is 1. The first-order chi connectivity index (χ1) is 8.97. The van der Waals surface area contributed by atoms with Gasteiger partial charge in [-0.1, -0.05) is 0 Å². The lowest BCUT2D eigenvalue weighted by Gasteiger charge is -2.11. The van der Waals surface area contributed by atoms with Crippen molar-refractivity contribution in [1.82, 2.24) is 4.98 Å². The highest BCUT2D eigenvalue weighted by atomic mass is 16.6. The van der Waals surface area contributed by atoms with Gasteiger partial charge in [0, 0.05) is 24.4 Å². The van der Waals surface area contributed by atoms with E-state index in [1.165, 1.54) is 24.4 Å².